The average molecular weight is 328 g/mol. The van der Waals surface area contributed by atoms with Gasteiger partial charge in [-0.3, -0.25) is 4.79 Å². The second kappa shape index (κ2) is 7.73. The molecule has 128 valence electrons. The summed E-state index contributed by atoms with van der Waals surface area (Å²) in [4.78, 5) is 11.2. The largest absolute Gasteiger partial charge is 0.495 e. The molecule has 24 heavy (non-hydrogen) atoms. The van der Waals surface area contributed by atoms with Crippen molar-refractivity contribution in [3.8, 4) is 22.6 Å². The van der Waals surface area contributed by atoms with E-state index in [4.69, 9.17) is 15.2 Å². The molecule has 2 rings (SSSR count). The molecular weight excluding hydrogens is 304 g/mol. The Hall–Kier alpha value is -2.69. The van der Waals surface area contributed by atoms with Gasteiger partial charge in [0.25, 0.3) is 0 Å². The van der Waals surface area contributed by atoms with Crippen LogP contribution in [0.3, 0.4) is 0 Å². The van der Waals surface area contributed by atoms with E-state index in [1.807, 2.05) is 43.3 Å². The summed E-state index contributed by atoms with van der Waals surface area (Å²) in [5.74, 6) is 1.52. The van der Waals surface area contributed by atoms with Crippen molar-refractivity contribution in [3.63, 3.8) is 0 Å². The molecule has 0 spiro atoms. The first-order valence-corrected chi connectivity index (χ1v) is 7.82. The summed E-state index contributed by atoms with van der Waals surface area (Å²) in [6.45, 7) is 3.56. The molecule has 0 aliphatic carbocycles. The zero-order valence-corrected chi connectivity index (χ0v) is 14.6. The summed E-state index contributed by atoms with van der Waals surface area (Å²) in [5, 5.41) is 3.31. The molecule has 3 N–H and O–H groups in total. The Morgan fingerprint density at radius 3 is 2.25 bits per heavy atom. The van der Waals surface area contributed by atoms with Crippen LogP contribution in [0.15, 0.2) is 36.4 Å². The smallest absolute Gasteiger partial charge is 0.142 e. The third kappa shape index (κ3) is 4.19. The van der Waals surface area contributed by atoms with Gasteiger partial charge in [-0.15, -0.1) is 0 Å². The molecule has 1 atom stereocenters. The standard InChI is InChI=1S/C19H24N2O3/c1-12(9-13(2)22)21-17-8-6-15(11-19(17)24-4)14-5-7-16(20)18(10-14)23-3/h5-8,10-12,21H,9,20H2,1-4H3. The van der Waals surface area contributed by atoms with Gasteiger partial charge in [0.05, 0.1) is 25.6 Å². The van der Waals surface area contributed by atoms with Gasteiger partial charge >= 0.3 is 0 Å². The highest BCUT2D eigenvalue weighted by Gasteiger charge is 2.11. The average Bonchev–Trinajstić information content (AvgIpc) is 2.55. The minimum absolute atomic E-state index is 0.0406. The molecular formula is C19H24N2O3. The molecule has 0 saturated heterocycles. The molecule has 1 unspecified atom stereocenters. The van der Waals surface area contributed by atoms with Gasteiger partial charge in [0, 0.05) is 12.5 Å². The molecule has 0 fully saturated rings. The first-order chi connectivity index (χ1) is 11.4. The van der Waals surface area contributed by atoms with Crippen molar-refractivity contribution < 1.29 is 14.3 Å². The molecule has 0 aromatic heterocycles. The lowest BCUT2D eigenvalue weighted by atomic mass is 10.0. The van der Waals surface area contributed by atoms with Crippen molar-refractivity contribution in [1.29, 1.82) is 0 Å². The fourth-order valence-electron chi connectivity index (χ4n) is 2.63. The lowest BCUT2D eigenvalue weighted by Gasteiger charge is -2.17. The first kappa shape index (κ1) is 17.7. The molecule has 0 aliphatic rings. The third-order valence-electron chi connectivity index (χ3n) is 3.76. The van der Waals surface area contributed by atoms with Crippen LogP contribution in [0.4, 0.5) is 11.4 Å². The van der Waals surface area contributed by atoms with Gasteiger partial charge in [-0.2, -0.15) is 0 Å². The fourth-order valence-corrected chi connectivity index (χ4v) is 2.63. The molecule has 5 heteroatoms. The number of nitrogens with two attached hydrogens (primary N) is 1. The summed E-state index contributed by atoms with van der Waals surface area (Å²) in [6, 6.07) is 11.6. The number of anilines is 2. The van der Waals surface area contributed by atoms with Crippen LogP contribution in [0.1, 0.15) is 20.3 Å². The second-order valence-electron chi connectivity index (χ2n) is 5.82. The highest BCUT2D eigenvalue weighted by molar-refractivity contribution is 5.77. The van der Waals surface area contributed by atoms with Crippen molar-refractivity contribution in [2.24, 2.45) is 0 Å². The van der Waals surface area contributed by atoms with Gasteiger partial charge in [0.2, 0.25) is 0 Å². The number of methoxy groups -OCH3 is 2. The van der Waals surface area contributed by atoms with E-state index in [0.29, 0.717) is 17.9 Å². The Labute approximate surface area is 142 Å². The van der Waals surface area contributed by atoms with Crippen LogP contribution in [-0.2, 0) is 4.79 Å². The molecule has 0 bridgehead atoms. The van der Waals surface area contributed by atoms with Crippen molar-refractivity contribution in [1.82, 2.24) is 0 Å². The van der Waals surface area contributed by atoms with Gasteiger partial charge in [-0.1, -0.05) is 12.1 Å². The maximum absolute atomic E-state index is 11.2. The van der Waals surface area contributed by atoms with E-state index < -0.39 is 0 Å². The molecule has 2 aromatic rings. The Bertz CT molecular complexity index is 729. The van der Waals surface area contributed by atoms with E-state index in [0.717, 1.165) is 22.6 Å². The van der Waals surface area contributed by atoms with E-state index in [2.05, 4.69) is 5.32 Å². The number of carbonyl (C=O) groups excluding carboxylic acids is 1. The van der Waals surface area contributed by atoms with Crippen molar-refractivity contribution in [2.75, 3.05) is 25.3 Å². The number of hydrogen-bond acceptors (Lipinski definition) is 5. The van der Waals surface area contributed by atoms with Crippen molar-refractivity contribution in [3.05, 3.63) is 36.4 Å². The number of benzene rings is 2. The Morgan fingerprint density at radius 2 is 1.67 bits per heavy atom. The van der Waals surface area contributed by atoms with E-state index in [9.17, 15) is 4.79 Å². The summed E-state index contributed by atoms with van der Waals surface area (Å²) in [5.41, 5.74) is 9.31. The number of nitrogens with one attached hydrogen (secondary N) is 1. The number of Topliss-reactive ketones (excluding diaryl/α,β-unsaturated/α-hetero) is 1. The Kier molecular flexibility index (Phi) is 5.68. The van der Waals surface area contributed by atoms with E-state index >= 15 is 0 Å². The van der Waals surface area contributed by atoms with Gasteiger partial charge in [-0.05, 0) is 49.2 Å². The number of rotatable bonds is 7. The summed E-state index contributed by atoms with van der Waals surface area (Å²) in [6.07, 6.45) is 0.472. The molecule has 0 heterocycles. The number of hydrogen-bond donors (Lipinski definition) is 2. The van der Waals surface area contributed by atoms with Crippen LogP contribution in [0.2, 0.25) is 0 Å². The van der Waals surface area contributed by atoms with Crippen LogP contribution in [0.25, 0.3) is 11.1 Å². The number of carbonyl (C=O) groups is 1. The second-order valence-corrected chi connectivity index (χ2v) is 5.82. The Morgan fingerprint density at radius 1 is 1.08 bits per heavy atom. The lowest BCUT2D eigenvalue weighted by Crippen LogP contribution is -2.18. The van der Waals surface area contributed by atoms with Gasteiger partial charge in [0.1, 0.15) is 17.3 Å². The van der Waals surface area contributed by atoms with Gasteiger partial charge in [-0.25, -0.2) is 0 Å². The summed E-state index contributed by atoms with van der Waals surface area (Å²) < 4.78 is 10.8. The lowest BCUT2D eigenvalue weighted by molar-refractivity contribution is -0.117. The van der Waals surface area contributed by atoms with Crippen LogP contribution < -0.4 is 20.5 Å². The molecule has 0 aliphatic heterocycles. The van der Waals surface area contributed by atoms with Crippen LogP contribution in [0, 0.1) is 0 Å². The predicted molar refractivity (Wildman–Crippen MR) is 97.8 cm³/mol. The van der Waals surface area contributed by atoms with Crippen molar-refractivity contribution >= 4 is 17.2 Å². The highest BCUT2D eigenvalue weighted by Crippen LogP contribution is 2.34. The Balaban J connectivity index is 2.30. The van der Waals surface area contributed by atoms with Crippen LogP contribution >= 0.6 is 0 Å². The van der Waals surface area contributed by atoms with E-state index in [1.54, 1.807) is 21.1 Å². The summed E-state index contributed by atoms with van der Waals surface area (Å²) >= 11 is 0. The number of ether oxygens (including phenoxy) is 2. The molecule has 0 saturated carbocycles. The zero-order valence-electron chi connectivity index (χ0n) is 14.6. The van der Waals surface area contributed by atoms with Gasteiger partial charge < -0.3 is 20.5 Å². The zero-order chi connectivity index (χ0) is 17.7. The van der Waals surface area contributed by atoms with Gasteiger partial charge in [0.15, 0.2) is 0 Å². The van der Waals surface area contributed by atoms with Crippen LogP contribution in [0.5, 0.6) is 11.5 Å². The molecule has 2 aromatic carbocycles. The third-order valence-corrected chi connectivity index (χ3v) is 3.76. The normalized spacial score (nSPS) is 11.7. The van der Waals surface area contributed by atoms with Crippen LogP contribution in [-0.4, -0.2) is 26.0 Å². The quantitative estimate of drug-likeness (QED) is 0.758. The maximum Gasteiger partial charge on any atom is 0.142 e. The van der Waals surface area contributed by atoms with E-state index in [1.165, 1.54) is 0 Å². The molecule has 0 amide bonds. The predicted octanol–water partition coefficient (Wildman–Crippen LogP) is 3.73. The SMILES string of the molecule is COc1cc(-c2ccc(NC(C)CC(C)=O)c(OC)c2)ccc1N. The minimum atomic E-state index is 0.0406. The van der Waals surface area contributed by atoms with E-state index in [-0.39, 0.29) is 11.8 Å². The monoisotopic (exact) mass is 328 g/mol. The number of ketones is 1. The first-order valence-electron chi connectivity index (χ1n) is 7.82. The molecule has 0 radical (unpaired) electrons. The highest BCUT2D eigenvalue weighted by atomic mass is 16.5. The van der Waals surface area contributed by atoms with Crippen molar-refractivity contribution in [2.45, 2.75) is 26.3 Å². The number of nitrogen functional groups attached to an aromatic ring is 1. The minimum Gasteiger partial charge on any atom is -0.495 e. The summed E-state index contributed by atoms with van der Waals surface area (Å²) in [7, 11) is 3.23. The topological polar surface area (TPSA) is 73.6 Å². The maximum atomic E-state index is 11.2. The fraction of sp³-hybridized carbons (Fsp3) is 0.316. The molecule has 5 nitrogen and oxygen atoms in total.